The molecule has 0 unspecified atom stereocenters. The predicted octanol–water partition coefficient (Wildman–Crippen LogP) is 2.77. The Labute approximate surface area is 128 Å². The number of carbonyl (C=O) groups is 2. The quantitative estimate of drug-likeness (QED) is 0.868. The molecule has 0 radical (unpaired) electrons. The van der Waals surface area contributed by atoms with Gasteiger partial charge in [0.05, 0.1) is 0 Å². The van der Waals surface area contributed by atoms with Crippen molar-refractivity contribution in [2.75, 3.05) is 6.54 Å². The van der Waals surface area contributed by atoms with Crippen LogP contribution in [-0.4, -0.2) is 39.5 Å². The highest BCUT2D eigenvalue weighted by atomic mass is 35.5. The van der Waals surface area contributed by atoms with Gasteiger partial charge < -0.3 is 10.0 Å². The van der Waals surface area contributed by atoms with Crippen LogP contribution in [0.25, 0.3) is 0 Å². The largest absolute Gasteiger partial charge is 0.480 e. The van der Waals surface area contributed by atoms with Crippen LogP contribution in [0.1, 0.15) is 48.7 Å². The summed E-state index contributed by atoms with van der Waals surface area (Å²) in [6, 6.07) is 2.48. The molecule has 0 spiro atoms. The first-order valence-corrected chi connectivity index (χ1v) is 7.61. The maximum absolute atomic E-state index is 12.6. The molecule has 1 aliphatic heterocycles. The van der Waals surface area contributed by atoms with Crippen LogP contribution in [0.4, 0.5) is 0 Å². The number of hydrogen-bond donors (Lipinski definition) is 1. The van der Waals surface area contributed by atoms with Gasteiger partial charge in [-0.2, -0.15) is 0 Å². The second-order valence-corrected chi connectivity index (χ2v) is 5.66. The van der Waals surface area contributed by atoms with Gasteiger partial charge in [-0.25, -0.2) is 9.78 Å². The molecule has 1 fully saturated rings. The van der Waals surface area contributed by atoms with Crippen molar-refractivity contribution in [3.05, 3.63) is 28.5 Å². The lowest BCUT2D eigenvalue weighted by molar-refractivity contribution is -0.143. The Bertz CT molecular complexity index is 548. The summed E-state index contributed by atoms with van der Waals surface area (Å²) >= 11 is 5.97. The van der Waals surface area contributed by atoms with Gasteiger partial charge in [0.2, 0.25) is 0 Å². The van der Waals surface area contributed by atoms with Crippen LogP contribution >= 0.6 is 11.6 Å². The van der Waals surface area contributed by atoms with Crippen LogP contribution in [-0.2, 0) is 11.2 Å². The SMILES string of the molecule is CCCc1cc(C(=O)N2CCCC[C@H]2C(=O)O)cc(Cl)n1. The van der Waals surface area contributed by atoms with E-state index in [1.54, 1.807) is 6.07 Å². The van der Waals surface area contributed by atoms with Gasteiger partial charge in [0.15, 0.2) is 0 Å². The summed E-state index contributed by atoms with van der Waals surface area (Å²) in [5, 5.41) is 9.54. The highest BCUT2D eigenvalue weighted by Crippen LogP contribution is 2.21. The molecule has 0 bridgehead atoms. The first-order chi connectivity index (χ1) is 10.0. The number of hydrogen-bond acceptors (Lipinski definition) is 3. The minimum Gasteiger partial charge on any atom is -0.480 e. The molecule has 1 atom stereocenters. The Balaban J connectivity index is 2.27. The number of carboxylic acids is 1. The van der Waals surface area contributed by atoms with Gasteiger partial charge in [0, 0.05) is 17.8 Å². The molecule has 1 aromatic heterocycles. The van der Waals surface area contributed by atoms with E-state index >= 15 is 0 Å². The molecule has 0 aromatic carbocycles. The van der Waals surface area contributed by atoms with Gasteiger partial charge in [-0.1, -0.05) is 24.9 Å². The van der Waals surface area contributed by atoms with Crippen molar-refractivity contribution in [3.63, 3.8) is 0 Å². The average Bonchev–Trinajstić information content (AvgIpc) is 2.46. The zero-order chi connectivity index (χ0) is 15.4. The molecule has 21 heavy (non-hydrogen) atoms. The molecular weight excluding hydrogens is 292 g/mol. The molecule has 2 rings (SSSR count). The fourth-order valence-electron chi connectivity index (χ4n) is 2.66. The van der Waals surface area contributed by atoms with Gasteiger partial charge in [-0.15, -0.1) is 0 Å². The Morgan fingerprint density at radius 2 is 2.19 bits per heavy atom. The van der Waals surface area contributed by atoms with Crippen LogP contribution in [0.5, 0.6) is 0 Å². The maximum atomic E-state index is 12.6. The molecule has 114 valence electrons. The monoisotopic (exact) mass is 310 g/mol. The topological polar surface area (TPSA) is 70.5 Å². The first kappa shape index (κ1) is 15.8. The molecule has 1 amide bonds. The van der Waals surface area contributed by atoms with Gasteiger partial charge in [-0.3, -0.25) is 4.79 Å². The third kappa shape index (κ3) is 3.73. The third-order valence-corrected chi connectivity index (χ3v) is 3.84. The Morgan fingerprint density at radius 3 is 2.86 bits per heavy atom. The summed E-state index contributed by atoms with van der Waals surface area (Å²) in [7, 11) is 0. The number of likely N-dealkylation sites (tertiary alicyclic amines) is 1. The van der Waals surface area contributed by atoms with Gasteiger partial charge in [0.25, 0.3) is 5.91 Å². The molecule has 5 nitrogen and oxygen atoms in total. The molecule has 6 heteroatoms. The maximum Gasteiger partial charge on any atom is 0.326 e. The summed E-state index contributed by atoms with van der Waals surface area (Å²) in [6.45, 7) is 2.49. The highest BCUT2D eigenvalue weighted by molar-refractivity contribution is 6.29. The molecule has 0 aliphatic carbocycles. The number of amides is 1. The van der Waals surface area contributed by atoms with Crippen molar-refractivity contribution >= 4 is 23.5 Å². The molecule has 2 heterocycles. The van der Waals surface area contributed by atoms with Gasteiger partial charge in [-0.05, 0) is 37.8 Å². The standard InChI is InChI=1S/C15H19ClN2O3/c1-2-5-11-8-10(9-13(16)17-11)14(19)18-7-4-3-6-12(18)15(20)21/h8-9,12H,2-7H2,1H3,(H,20,21)/t12-/m0/s1. The fraction of sp³-hybridized carbons (Fsp3) is 0.533. The lowest BCUT2D eigenvalue weighted by atomic mass is 10.0. The van der Waals surface area contributed by atoms with Crippen LogP contribution < -0.4 is 0 Å². The van der Waals surface area contributed by atoms with E-state index in [0.29, 0.717) is 18.5 Å². The van der Waals surface area contributed by atoms with Crippen LogP contribution in [0.3, 0.4) is 0 Å². The van der Waals surface area contributed by atoms with E-state index in [1.807, 2.05) is 6.92 Å². The zero-order valence-corrected chi connectivity index (χ0v) is 12.8. The van der Waals surface area contributed by atoms with E-state index in [-0.39, 0.29) is 11.1 Å². The van der Waals surface area contributed by atoms with Crippen molar-refractivity contribution in [2.45, 2.75) is 45.1 Å². The molecule has 1 aromatic rings. The summed E-state index contributed by atoms with van der Waals surface area (Å²) in [4.78, 5) is 29.5. The number of halogens is 1. The zero-order valence-electron chi connectivity index (χ0n) is 12.0. The summed E-state index contributed by atoms with van der Waals surface area (Å²) < 4.78 is 0. The molecule has 1 N–H and O–H groups in total. The number of carboxylic acid groups (broad SMARTS) is 1. The Hall–Kier alpha value is -1.62. The van der Waals surface area contributed by atoms with Crippen molar-refractivity contribution < 1.29 is 14.7 Å². The number of pyridine rings is 1. The lowest BCUT2D eigenvalue weighted by Crippen LogP contribution is -2.48. The van der Waals surface area contributed by atoms with Gasteiger partial charge >= 0.3 is 5.97 Å². The minimum atomic E-state index is -0.947. The predicted molar refractivity (Wildman–Crippen MR) is 79.6 cm³/mol. The van der Waals surface area contributed by atoms with E-state index in [9.17, 15) is 14.7 Å². The number of aryl methyl sites for hydroxylation is 1. The van der Waals surface area contributed by atoms with Crippen molar-refractivity contribution in [2.24, 2.45) is 0 Å². The number of carbonyl (C=O) groups excluding carboxylic acids is 1. The molecule has 1 saturated heterocycles. The van der Waals surface area contributed by atoms with Gasteiger partial charge in [0.1, 0.15) is 11.2 Å². The normalized spacial score (nSPS) is 18.6. The molecule has 0 saturated carbocycles. The number of piperidine rings is 1. The Kier molecular flexibility index (Phi) is 5.17. The summed E-state index contributed by atoms with van der Waals surface area (Å²) in [6.07, 6.45) is 3.81. The summed E-state index contributed by atoms with van der Waals surface area (Å²) in [5.74, 6) is -1.22. The van der Waals surface area contributed by atoms with E-state index < -0.39 is 12.0 Å². The van der Waals surface area contributed by atoms with Crippen molar-refractivity contribution in [1.82, 2.24) is 9.88 Å². The minimum absolute atomic E-state index is 0.271. The molecule has 1 aliphatic rings. The van der Waals surface area contributed by atoms with E-state index in [2.05, 4.69) is 4.98 Å². The average molecular weight is 311 g/mol. The van der Waals surface area contributed by atoms with Crippen LogP contribution in [0.2, 0.25) is 5.15 Å². The lowest BCUT2D eigenvalue weighted by Gasteiger charge is -2.33. The van der Waals surface area contributed by atoms with Crippen LogP contribution in [0.15, 0.2) is 12.1 Å². The molecular formula is C15H19ClN2O3. The van der Waals surface area contributed by atoms with Crippen LogP contribution in [0, 0.1) is 0 Å². The van der Waals surface area contributed by atoms with E-state index in [4.69, 9.17) is 11.6 Å². The van der Waals surface area contributed by atoms with E-state index in [0.717, 1.165) is 31.4 Å². The highest BCUT2D eigenvalue weighted by Gasteiger charge is 2.32. The van der Waals surface area contributed by atoms with Crippen molar-refractivity contribution in [1.29, 1.82) is 0 Å². The second kappa shape index (κ2) is 6.89. The first-order valence-electron chi connectivity index (χ1n) is 7.23. The number of aliphatic carboxylic acids is 1. The Morgan fingerprint density at radius 1 is 1.43 bits per heavy atom. The fourth-order valence-corrected chi connectivity index (χ4v) is 2.88. The number of rotatable bonds is 4. The number of nitrogens with zero attached hydrogens (tertiary/aromatic N) is 2. The number of aromatic nitrogens is 1. The summed E-state index contributed by atoms with van der Waals surface area (Å²) in [5.41, 5.74) is 1.18. The third-order valence-electron chi connectivity index (χ3n) is 3.65. The van der Waals surface area contributed by atoms with Crippen molar-refractivity contribution in [3.8, 4) is 0 Å². The second-order valence-electron chi connectivity index (χ2n) is 5.27. The van der Waals surface area contributed by atoms with E-state index in [1.165, 1.54) is 11.0 Å². The smallest absolute Gasteiger partial charge is 0.326 e.